The summed E-state index contributed by atoms with van der Waals surface area (Å²) >= 11 is 0. The van der Waals surface area contributed by atoms with Crippen molar-refractivity contribution >= 4 is 5.91 Å². The number of hydrogen-bond donors (Lipinski definition) is 0. The van der Waals surface area contributed by atoms with Crippen LogP contribution in [0.25, 0.3) is 0 Å². The number of benzene rings is 1. The van der Waals surface area contributed by atoms with E-state index in [0.717, 1.165) is 5.56 Å². The lowest BCUT2D eigenvalue weighted by molar-refractivity contribution is -0.135. The molecular formula is C12H16FNO2. The van der Waals surface area contributed by atoms with Gasteiger partial charge in [0.05, 0.1) is 6.04 Å². The number of hydrogen-bond acceptors (Lipinski definition) is 2. The zero-order chi connectivity index (χ0) is 12.1. The Morgan fingerprint density at radius 2 is 2.00 bits per heavy atom. The first kappa shape index (κ1) is 12.6. The third kappa shape index (κ3) is 3.03. The van der Waals surface area contributed by atoms with Gasteiger partial charge in [0, 0.05) is 14.2 Å². The Kier molecular flexibility index (Phi) is 4.43. The van der Waals surface area contributed by atoms with Crippen LogP contribution < -0.4 is 0 Å². The van der Waals surface area contributed by atoms with Gasteiger partial charge in [-0.2, -0.15) is 0 Å². The second-order valence-corrected chi connectivity index (χ2v) is 3.67. The number of amides is 1. The van der Waals surface area contributed by atoms with Crippen LogP contribution in [0.3, 0.4) is 0 Å². The average molecular weight is 225 g/mol. The van der Waals surface area contributed by atoms with Gasteiger partial charge in [0.1, 0.15) is 12.4 Å². The monoisotopic (exact) mass is 225 g/mol. The van der Waals surface area contributed by atoms with E-state index in [4.69, 9.17) is 4.74 Å². The predicted octanol–water partition coefficient (Wildman–Crippen LogP) is 1.99. The van der Waals surface area contributed by atoms with Gasteiger partial charge in [-0.15, -0.1) is 0 Å². The predicted molar refractivity (Wildman–Crippen MR) is 59.5 cm³/mol. The third-order valence-electron chi connectivity index (χ3n) is 2.59. The Hall–Kier alpha value is -1.42. The Morgan fingerprint density at radius 3 is 2.50 bits per heavy atom. The molecule has 0 aliphatic rings. The van der Waals surface area contributed by atoms with Gasteiger partial charge in [0.25, 0.3) is 0 Å². The van der Waals surface area contributed by atoms with E-state index in [9.17, 15) is 9.18 Å². The smallest absolute Gasteiger partial charge is 0.248 e. The lowest BCUT2D eigenvalue weighted by atomic mass is 10.1. The van der Waals surface area contributed by atoms with Gasteiger partial charge >= 0.3 is 0 Å². The zero-order valence-corrected chi connectivity index (χ0v) is 9.74. The van der Waals surface area contributed by atoms with E-state index in [1.54, 1.807) is 24.1 Å². The van der Waals surface area contributed by atoms with Crippen LogP contribution >= 0.6 is 0 Å². The molecule has 0 fully saturated rings. The van der Waals surface area contributed by atoms with E-state index in [0.29, 0.717) is 0 Å². The normalized spacial score (nSPS) is 12.2. The van der Waals surface area contributed by atoms with Crippen molar-refractivity contribution in [2.24, 2.45) is 0 Å². The van der Waals surface area contributed by atoms with Crippen LogP contribution in [-0.4, -0.2) is 31.6 Å². The van der Waals surface area contributed by atoms with Crippen molar-refractivity contribution in [3.63, 3.8) is 0 Å². The Morgan fingerprint density at radius 1 is 1.44 bits per heavy atom. The molecule has 3 nitrogen and oxygen atoms in total. The summed E-state index contributed by atoms with van der Waals surface area (Å²) in [7, 11) is 3.18. The molecule has 0 aliphatic carbocycles. The summed E-state index contributed by atoms with van der Waals surface area (Å²) in [6, 6.07) is 6.04. The number of methoxy groups -OCH3 is 1. The minimum Gasteiger partial charge on any atom is -0.375 e. The zero-order valence-electron chi connectivity index (χ0n) is 9.74. The standard InChI is InChI=1S/C12H16FNO2/c1-9(14(2)12(15)8-16-3)10-4-6-11(13)7-5-10/h4-7,9H,8H2,1-3H3. The molecule has 0 saturated carbocycles. The molecule has 0 spiro atoms. The van der Waals surface area contributed by atoms with E-state index < -0.39 is 0 Å². The van der Waals surface area contributed by atoms with E-state index in [2.05, 4.69) is 0 Å². The van der Waals surface area contributed by atoms with Crippen molar-refractivity contribution in [1.29, 1.82) is 0 Å². The highest BCUT2D eigenvalue weighted by molar-refractivity contribution is 5.77. The van der Waals surface area contributed by atoms with E-state index in [-0.39, 0.29) is 24.4 Å². The van der Waals surface area contributed by atoms with Gasteiger partial charge in [-0.05, 0) is 24.6 Å². The summed E-state index contributed by atoms with van der Waals surface area (Å²) in [5, 5.41) is 0. The van der Waals surface area contributed by atoms with Crippen molar-refractivity contribution in [3.05, 3.63) is 35.6 Å². The van der Waals surface area contributed by atoms with Crippen molar-refractivity contribution in [2.75, 3.05) is 20.8 Å². The molecule has 88 valence electrons. The van der Waals surface area contributed by atoms with Crippen LogP contribution in [0, 0.1) is 5.82 Å². The molecule has 1 aromatic carbocycles. The van der Waals surface area contributed by atoms with Gasteiger partial charge in [-0.3, -0.25) is 4.79 Å². The highest BCUT2D eigenvalue weighted by atomic mass is 19.1. The highest BCUT2D eigenvalue weighted by Gasteiger charge is 2.16. The van der Waals surface area contributed by atoms with Gasteiger partial charge in [0.2, 0.25) is 5.91 Å². The fourth-order valence-electron chi connectivity index (χ4n) is 1.41. The van der Waals surface area contributed by atoms with E-state index >= 15 is 0 Å². The molecule has 4 heteroatoms. The molecule has 0 bridgehead atoms. The Balaban J connectivity index is 2.73. The largest absolute Gasteiger partial charge is 0.375 e. The van der Waals surface area contributed by atoms with Gasteiger partial charge in [-0.25, -0.2) is 4.39 Å². The quantitative estimate of drug-likeness (QED) is 0.784. The van der Waals surface area contributed by atoms with E-state index in [1.807, 2.05) is 6.92 Å². The maximum Gasteiger partial charge on any atom is 0.248 e. The summed E-state index contributed by atoms with van der Waals surface area (Å²) in [5.41, 5.74) is 0.897. The summed E-state index contributed by atoms with van der Waals surface area (Å²) in [6.45, 7) is 1.95. The van der Waals surface area contributed by atoms with Gasteiger partial charge in [0.15, 0.2) is 0 Å². The fraction of sp³-hybridized carbons (Fsp3) is 0.417. The summed E-state index contributed by atoms with van der Waals surface area (Å²) < 4.78 is 17.5. The highest BCUT2D eigenvalue weighted by Crippen LogP contribution is 2.18. The molecule has 0 heterocycles. The first-order chi connectivity index (χ1) is 7.56. The fourth-order valence-corrected chi connectivity index (χ4v) is 1.41. The summed E-state index contributed by atoms with van der Waals surface area (Å²) in [4.78, 5) is 13.1. The minimum atomic E-state index is -0.276. The second kappa shape index (κ2) is 5.61. The summed E-state index contributed by atoms with van der Waals surface area (Å²) in [6.07, 6.45) is 0. The molecule has 0 aromatic heterocycles. The maximum atomic E-state index is 12.7. The van der Waals surface area contributed by atoms with Crippen molar-refractivity contribution in [3.8, 4) is 0 Å². The minimum absolute atomic E-state index is 0.0576. The molecule has 0 saturated heterocycles. The van der Waals surface area contributed by atoms with Crippen molar-refractivity contribution in [2.45, 2.75) is 13.0 Å². The number of halogens is 1. The Labute approximate surface area is 94.8 Å². The van der Waals surface area contributed by atoms with Crippen LogP contribution in [0.5, 0.6) is 0 Å². The summed E-state index contributed by atoms with van der Waals surface area (Å²) in [5.74, 6) is -0.374. The lowest BCUT2D eigenvalue weighted by Gasteiger charge is -2.25. The number of nitrogens with zero attached hydrogens (tertiary/aromatic N) is 1. The van der Waals surface area contributed by atoms with Crippen molar-refractivity contribution < 1.29 is 13.9 Å². The molecular weight excluding hydrogens is 209 g/mol. The molecule has 16 heavy (non-hydrogen) atoms. The molecule has 1 aromatic rings. The third-order valence-corrected chi connectivity index (χ3v) is 2.59. The molecule has 1 unspecified atom stereocenters. The number of likely N-dealkylation sites (N-methyl/N-ethyl adjacent to an activating group) is 1. The number of carbonyl (C=O) groups is 1. The Bertz CT molecular complexity index is 351. The SMILES string of the molecule is COCC(=O)N(C)C(C)c1ccc(F)cc1. The molecule has 1 rings (SSSR count). The topological polar surface area (TPSA) is 29.5 Å². The van der Waals surface area contributed by atoms with Crippen molar-refractivity contribution in [1.82, 2.24) is 4.90 Å². The molecule has 1 atom stereocenters. The van der Waals surface area contributed by atoms with Crippen LogP contribution in [0.4, 0.5) is 4.39 Å². The van der Waals surface area contributed by atoms with E-state index in [1.165, 1.54) is 19.2 Å². The van der Waals surface area contributed by atoms with Crippen LogP contribution in [0.15, 0.2) is 24.3 Å². The lowest BCUT2D eigenvalue weighted by Crippen LogP contribution is -2.32. The molecule has 0 aliphatic heterocycles. The maximum absolute atomic E-state index is 12.7. The first-order valence-corrected chi connectivity index (χ1v) is 5.06. The molecule has 0 radical (unpaired) electrons. The molecule has 1 amide bonds. The van der Waals surface area contributed by atoms with Crippen LogP contribution in [-0.2, 0) is 9.53 Å². The van der Waals surface area contributed by atoms with Crippen LogP contribution in [0.2, 0.25) is 0 Å². The number of carbonyl (C=O) groups excluding carboxylic acids is 1. The first-order valence-electron chi connectivity index (χ1n) is 5.06. The van der Waals surface area contributed by atoms with Gasteiger partial charge in [-0.1, -0.05) is 12.1 Å². The average Bonchev–Trinajstić information content (AvgIpc) is 2.28. The second-order valence-electron chi connectivity index (χ2n) is 3.67. The molecule has 0 N–H and O–H groups in total. The number of rotatable bonds is 4. The van der Waals surface area contributed by atoms with Crippen LogP contribution in [0.1, 0.15) is 18.5 Å². The number of ether oxygens (including phenoxy) is 1. The van der Waals surface area contributed by atoms with Gasteiger partial charge < -0.3 is 9.64 Å².